The van der Waals surface area contributed by atoms with Gasteiger partial charge in [0.2, 0.25) is 0 Å². The fraction of sp³-hybridized carbons (Fsp3) is 0.450. The van der Waals surface area contributed by atoms with E-state index in [9.17, 15) is 9.59 Å². The van der Waals surface area contributed by atoms with E-state index < -0.39 is 0 Å². The summed E-state index contributed by atoms with van der Waals surface area (Å²) in [6, 6.07) is 9.79. The summed E-state index contributed by atoms with van der Waals surface area (Å²) in [7, 11) is 0. The van der Waals surface area contributed by atoms with Crippen LogP contribution in [0.1, 0.15) is 42.7 Å². The molecule has 1 aromatic heterocycles. The molecule has 6 nitrogen and oxygen atoms in total. The molecule has 1 fully saturated rings. The van der Waals surface area contributed by atoms with Crippen molar-refractivity contribution in [3.8, 4) is 5.69 Å². The lowest BCUT2D eigenvalue weighted by Crippen LogP contribution is -2.43. The summed E-state index contributed by atoms with van der Waals surface area (Å²) in [5.74, 6) is -0.499. The van der Waals surface area contributed by atoms with Gasteiger partial charge in [0, 0.05) is 13.1 Å². The summed E-state index contributed by atoms with van der Waals surface area (Å²) in [5.41, 5.74) is 2.44. The van der Waals surface area contributed by atoms with Crippen molar-refractivity contribution in [1.29, 1.82) is 0 Å². The van der Waals surface area contributed by atoms with E-state index in [1.165, 1.54) is 0 Å². The van der Waals surface area contributed by atoms with Crippen molar-refractivity contribution in [3.05, 3.63) is 47.8 Å². The van der Waals surface area contributed by atoms with Crippen LogP contribution in [0.5, 0.6) is 0 Å². The van der Waals surface area contributed by atoms with Crippen molar-refractivity contribution in [3.63, 3.8) is 0 Å². The second-order valence-corrected chi connectivity index (χ2v) is 6.45. The van der Waals surface area contributed by atoms with Crippen LogP contribution in [0, 0.1) is 5.92 Å². The van der Waals surface area contributed by atoms with E-state index in [2.05, 4.69) is 5.10 Å². The van der Waals surface area contributed by atoms with Crippen LogP contribution in [0.3, 0.4) is 0 Å². The fourth-order valence-corrected chi connectivity index (χ4v) is 3.47. The zero-order valence-electron chi connectivity index (χ0n) is 15.4. The maximum absolute atomic E-state index is 13.1. The van der Waals surface area contributed by atoms with Gasteiger partial charge >= 0.3 is 5.97 Å². The molecule has 2 aromatic rings. The van der Waals surface area contributed by atoms with Crippen molar-refractivity contribution in [2.45, 2.75) is 33.1 Å². The van der Waals surface area contributed by atoms with Crippen LogP contribution in [-0.2, 0) is 16.0 Å². The Labute approximate surface area is 153 Å². The van der Waals surface area contributed by atoms with Gasteiger partial charge in [-0.1, -0.05) is 25.1 Å². The van der Waals surface area contributed by atoms with Gasteiger partial charge < -0.3 is 9.64 Å². The predicted molar refractivity (Wildman–Crippen MR) is 98.2 cm³/mol. The number of carbonyl (C=O) groups is 2. The quantitative estimate of drug-likeness (QED) is 0.774. The number of likely N-dealkylation sites (tertiary alicyclic amines) is 1. The lowest BCUT2D eigenvalue weighted by atomic mass is 9.97. The number of rotatable bonds is 5. The number of para-hydroxylation sites is 1. The molecular formula is C20H25N3O3. The number of carbonyl (C=O) groups excluding carboxylic acids is 2. The number of aromatic nitrogens is 2. The van der Waals surface area contributed by atoms with Gasteiger partial charge in [-0.15, -0.1) is 0 Å². The third-order valence-electron chi connectivity index (χ3n) is 4.76. The molecule has 1 aliphatic heterocycles. The number of benzene rings is 1. The van der Waals surface area contributed by atoms with Crippen LogP contribution >= 0.6 is 0 Å². The predicted octanol–water partition coefficient (Wildman–Crippen LogP) is 2.85. The van der Waals surface area contributed by atoms with Gasteiger partial charge in [0.25, 0.3) is 5.91 Å². The van der Waals surface area contributed by atoms with Crippen molar-refractivity contribution in [1.82, 2.24) is 14.7 Å². The molecule has 1 unspecified atom stereocenters. The zero-order valence-corrected chi connectivity index (χ0v) is 15.4. The fourth-order valence-electron chi connectivity index (χ4n) is 3.47. The zero-order chi connectivity index (χ0) is 18.5. The Balaban J connectivity index is 1.82. The summed E-state index contributed by atoms with van der Waals surface area (Å²) in [6.07, 6.45) is 3.92. The largest absolute Gasteiger partial charge is 0.466 e. The Morgan fingerprint density at radius 1 is 1.23 bits per heavy atom. The Morgan fingerprint density at radius 2 is 2.00 bits per heavy atom. The lowest BCUT2D eigenvalue weighted by molar-refractivity contribution is -0.149. The molecule has 0 bridgehead atoms. The number of piperidine rings is 1. The molecule has 3 rings (SSSR count). The van der Waals surface area contributed by atoms with E-state index >= 15 is 0 Å². The van der Waals surface area contributed by atoms with E-state index in [-0.39, 0.29) is 17.8 Å². The Bertz CT molecular complexity index is 770. The summed E-state index contributed by atoms with van der Waals surface area (Å²) in [5, 5.41) is 4.43. The first-order valence-corrected chi connectivity index (χ1v) is 9.23. The van der Waals surface area contributed by atoms with Crippen LogP contribution in [-0.4, -0.2) is 46.3 Å². The Morgan fingerprint density at radius 3 is 2.69 bits per heavy atom. The third-order valence-corrected chi connectivity index (χ3v) is 4.76. The minimum Gasteiger partial charge on any atom is -0.466 e. The number of ether oxygens (including phenoxy) is 1. The average molecular weight is 355 g/mol. The SMILES string of the molecule is CCOC(=O)C1CCCN(C(=O)c2cnn(-c3ccccc3)c2CC)C1. The maximum atomic E-state index is 13.1. The van der Waals surface area contributed by atoms with Gasteiger partial charge in [-0.05, 0) is 38.3 Å². The molecule has 138 valence electrons. The van der Waals surface area contributed by atoms with Crippen LogP contribution in [0.15, 0.2) is 36.5 Å². The van der Waals surface area contributed by atoms with Gasteiger partial charge in [0.05, 0.1) is 35.7 Å². The summed E-state index contributed by atoms with van der Waals surface area (Å²) in [4.78, 5) is 26.9. The highest BCUT2D eigenvalue weighted by Gasteiger charge is 2.31. The van der Waals surface area contributed by atoms with Gasteiger partial charge in [-0.2, -0.15) is 5.10 Å². The molecule has 0 saturated carbocycles. The number of hydrogen-bond acceptors (Lipinski definition) is 4. The Kier molecular flexibility index (Phi) is 5.71. The molecule has 0 aliphatic carbocycles. The topological polar surface area (TPSA) is 64.4 Å². The van der Waals surface area contributed by atoms with E-state index in [4.69, 9.17) is 4.74 Å². The van der Waals surface area contributed by atoms with Gasteiger partial charge in [0.1, 0.15) is 0 Å². The molecule has 0 radical (unpaired) electrons. The molecule has 26 heavy (non-hydrogen) atoms. The van der Waals surface area contributed by atoms with Crippen LogP contribution < -0.4 is 0 Å². The molecular weight excluding hydrogens is 330 g/mol. The number of amides is 1. The van der Waals surface area contributed by atoms with Gasteiger partial charge in [-0.25, -0.2) is 4.68 Å². The van der Waals surface area contributed by atoms with Crippen LogP contribution in [0.4, 0.5) is 0 Å². The second kappa shape index (κ2) is 8.17. The molecule has 1 amide bonds. The van der Waals surface area contributed by atoms with E-state index in [0.29, 0.717) is 31.7 Å². The molecule has 1 atom stereocenters. The van der Waals surface area contributed by atoms with Crippen molar-refractivity contribution in [2.24, 2.45) is 5.92 Å². The monoisotopic (exact) mass is 355 g/mol. The van der Waals surface area contributed by atoms with Crippen molar-refractivity contribution in [2.75, 3.05) is 19.7 Å². The summed E-state index contributed by atoms with van der Waals surface area (Å²) < 4.78 is 6.95. The van der Waals surface area contributed by atoms with Crippen LogP contribution in [0.2, 0.25) is 0 Å². The first-order valence-electron chi connectivity index (χ1n) is 9.23. The highest BCUT2D eigenvalue weighted by atomic mass is 16.5. The molecule has 2 heterocycles. The molecule has 1 aliphatic rings. The summed E-state index contributed by atoms with van der Waals surface area (Å²) in [6.45, 7) is 5.26. The third kappa shape index (κ3) is 3.64. The molecule has 0 spiro atoms. The molecule has 1 aromatic carbocycles. The highest BCUT2D eigenvalue weighted by molar-refractivity contribution is 5.95. The average Bonchev–Trinajstić information content (AvgIpc) is 3.12. The van der Waals surface area contributed by atoms with E-state index in [1.807, 2.05) is 41.9 Å². The number of hydrogen-bond donors (Lipinski definition) is 0. The Hall–Kier alpha value is -2.63. The smallest absolute Gasteiger partial charge is 0.310 e. The van der Waals surface area contributed by atoms with Crippen molar-refractivity contribution >= 4 is 11.9 Å². The van der Waals surface area contributed by atoms with E-state index in [0.717, 1.165) is 24.2 Å². The number of nitrogens with zero attached hydrogens (tertiary/aromatic N) is 3. The normalized spacial score (nSPS) is 17.2. The first-order chi connectivity index (χ1) is 12.7. The minimum absolute atomic E-state index is 0.0574. The van der Waals surface area contributed by atoms with Gasteiger partial charge in [0.15, 0.2) is 0 Å². The molecule has 0 N–H and O–H groups in total. The highest BCUT2D eigenvalue weighted by Crippen LogP contribution is 2.22. The van der Waals surface area contributed by atoms with Gasteiger partial charge in [-0.3, -0.25) is 9.59 Å². The van der Waals surface area contributed by atoms with E-state index in [1.54, 1.807) is 18.0 Å². The maximum Gasteiger partial charge on any atom is 0.310 e. The second-order valence-electron chi connectivity index (χ2n) is 6.45. The standard InChI is InChI=1S/C20H25N3O3/c1-3-18-17(13-21-23(18)16-10-6-5-7-11-16)19(24)22-12-8-9-15(14-22)20(25)26-4-2/h5-7,10-11,13,15H,3-4,8-9,12,14H2,1-2H3. The lowest BCUT2D eigenvalue weighted by Gasteiger charge is -2.31. The van der Waals surface area contributed by atoms with Crippen molar-refractivity contribution < 1.29 is 14.3 Å². The minimum atomic E-state index is -0.234. The molecule has 6 heteroatoms. The molecule has 1 saturated heterocycles. The first kappa shape index (κ1) is 18.2. The summed E-state index contributed by atoms with van der Waals surface area (Å²) >= 11 is 0. The number of esters is 1. The van der Waals surface area contributed by atoms with Crippen LogP contribution in [0.25, 0.3) is 5.69 Å².